The van der Waals surface area contributed by atoms with Crippen molar-refractivity contribution < 1.29 is 22.6 Å². The van der Waals surface area contributed by atoms with E-state index < -0.39 is 11.9 Å². The Morgan fingerprint density at radius 1 is 1.00 bits per heavy atom. The van der Waals surface area contributed by atoms with Gasteiger partial charge in [0.2, 0.25) is 0 Å². The van der Waals surface area contributed by atoms with Gasteiger partial charge in [-0.1, -0.05) is 6.07 Å². The van der Waals surface area contributed by atoms with E-state index >= 15 is 0 Å². The second-order valence-electron chi connectivity index (χ2n) is 6.20. The van der Waals surface area contributed by atoms with Crippen LogP contribution in [0, 0.1) is 3.57 Å². The third-order valence-corrected chi connectivity index (χ3v) is 4.99. The topological polar surface area (TPSA) is 48.3 Å². The average Bonchev–Trinajstić information content (AvgIpc) is 3.13. The monoisotopic (exact) mass is 517 g/mol. The Hall–Kier alpha value is -2.27. The van der Waals surface area contributed by atoms with Gasteiger partial charge >= 0.3 is 6.18 Å². The molecule has 0 saturated heterocycles. The van der Waals surface area contributed by atoms with E-state index in [1.165, 1.54) is 18.0 Å². The molecule has 0 spiro atoms. The zero-order chi connectivity index (χ0) is 21.0. The van der Waals surface area contributed by atoms with Crippen LogP contribution in [0.25, 0.3) is 5.69 Å². The van der Waals surface area contributed by atoms with E-state index in [0.717, 1.165) is 9.13 Å². The Morgan fingerprint density at radius 2 is 1.69 bits per heavy atom. The third-order valence-electron chi connectivity index (χ3n) is 4.27. The first-order valence-electron chi connectivity index (χ1n) is 8.65. The summed E-state index contributed by atoms with van der Waals surface area (Å²) in [6.07, 6.45) is -3.13. The maximum atomic E-state index is 13.5. The van der Waals surface area contributed by atoms with Crippen molar-refractivity contribution in [1.29, 1.82) is 0 Å². The average molecular weight is 517 g/mol. The summed E-state index contributed by atoms with van der Waals surface area (Å²) < 4.78 is 53.1. The normalized spacial score (nSPS) is 11.5. The van der Waals surface area contributed by atoms with E-state index in [-0.39, 0.29) is 12.1 Å². The lowest BCUT2D eigenvalue weighted by Crippen LogP contribution is -2.17. The molecular weight excluding hydrogens is 498 g/mol. The number of nitrogens with zero attached hydrogens (tertiary/aromatic N) is 2. The van der Waals surface area contributed by atoms with E-state index in [2.05, 4.69) is 33.0 Å². The van der Waals surface area contributed by atoms with Crippen LogP contribution < -0.4 is 14.8 Å². The van der Waals surface area contributed by atoms with Gasteiger partial charge in [-0.25, -0.2) is 4.68 Å². The van der Waals surface area contributed by atoms with Gasteiger partial charge in [-0.2, -0.15) is 18.3 Å². The molecule has 0 unspecified atom stereocenters. The fraction of sp³-hybridized carbons (Fsp3) is 0.250. The number of benzene rings is 2. The molecule has 0 radical (unpaired) electrons. The van der Waals surface area contributed by atoms with Crippen molar-refractivity contribution in [2.24, 2.45) is 0 Å². The van der Waals surface area contributed by atoms with Crippen molar-refractivity contribution in [2.45, 2.75) is 19.3 Å². The van der Waals surface area contributed by atoms with Crippen molar-refractivity contribution in [2.75, 3.05) is 14.2 Å². The van der Waals surface area contributed by atoms with E-state index in [9.17, 15) is 13.2 Å². The lowest BCUT2D eigenvalue weighted by molar-refractivity contribution is -0.142. The van der Waals surface area contributed by atoms with Gasteiger partial charge in [0.15, 0.2) is 5.69 Å². The first-order valence-corrected chi connectivity index (χ1v) is 9.73. The Balaban J connectivity index is 1.79. The number of aromatic nitrogens is 2. The Bertz CT molecular complexity index is 972. The number of ether oxygens (including phenoxy) is 2. The minimum atomic E-state index is -4.54. The Morgan fingerprint density at radius 3 is 2.31 bits per heavy atom. The van der Waals surface area contributed by atoms with Gasteiger partial charge in [0.1, 0.15) is 11.5 Å². The summed E-state index contributed by atoms with van der Waals surface area (Å²) in [4.78, 5) is 0. The molecule has 29 heavy (non-hydrogen) atoms. The Labute approximate surface area is 180 Å². The van der Waals surface area contributed by atoms with Crippen LogP contribution >= 0.6 is 22.6 Å². The van der Waals surface area contributed by atoms with E-state index in [1.807, 2.05) is 18.2 Å². The lowest BCUT2D eigenvalue weighted by atomic mass is 10.1. The first-order chi connectivity index (χ1) is 13.8. The fourth-order valence-corrected chi connectivity index (χ4v) is 3.19. The number of alkyl halides is 3. The van der Waals surface area contributed by atoms with Crippen LogP contribution in [0.15, 0.2) is 48.7 Å². The highest BCUT2D eigenvalue weighted by Gasteiger charge is 2.37. The maximum Gasteiger partial charge on any atom is 0.435 e. The Kier molecular flexibility index (Phi) is 6.68. The molecule has 0 bridgehead atoms. The van der Waals surface area contributed by atoms with Crippen LogP contribution in [-0.4, -0.2) is 24.0 Å². The molecule has 0 aliphatic rings. The third kappa shape index (κ3) is 5.21. The predicted octanol–water partition coefficient (Wildman–Crippen LogP) is 4.80. The van der Waals surface area contributed by atoms with E-state index in [0.29, 0.717) is 23.7 Å². The molecular formula is C20H19F3IN3O2. The molecule has 1 N–H and O–H groups in total. The molecule has 0 atom stereocenters. The van der Waals surface area contributed by atoms with Crippen LogP contribution in [0.1, 0.15) is 16.8 Å². The molecule has 9 heteroatoms. The van der Waals surface area contributed by atoms with Crippen LogP contribution in [-0.2, 0) is 19.3 Å². The summed E-state index contributed by atoms with van der Waals surface area (Å²) in [6.45, 7) is 0.341. The second kappa shape index (κ2) is 9.04. The number of hydrogen-bond acceptors (Lipinski definition) is 4. The van der Waals surface area contributed by atoms with Gasteiger partial charge in [-0.15, -0.1) is 0 Å². The van der Waals surface area contributed by atoms with Crippen molar-refractivity contribution in [3.8, 4) is 17.2 Å². The fourth-order valence-electron chi connectivity index (χ4n) is 2.83. The number of nitrogens with one attached hydrogen (secondary N) is 1. The van der Waals surface area contributed by atoms with Crippen LogP contribution in [0.2, 0.25) is 0 Å². The van der Waals surface area contributed by atoms with Crippen molar-refractivity contribution in [3.05, 3.63) is 69.1 Å². The highest BCUT2D eigenvalue weighted by Crippen LogP contribution is 2.31. The molecule has 3 aromatic rings. The number of halogens is 4. The second-order valence-corrected chi connectivity index (χ2v) is 7.45. The molecule has 1 heterocycles. The lowest BCUT2D eigenvalue weighted by Gasteiger charge is -2.11. The predicted molar refractivity (Wildman–Crippen MR) is 111 cm³/mol. The molecule has 0 amide bonds. The largest absolute Gasteiger partial charge is 0.497 e. The van der Waals surface area contributed by atoms with Crippen LogP contribution in [0.4, 0.5) is 13.2 Å². The smallest absolute Gasteiger partial charge is 0.435 e. The summed E-state index contributed by atoms with van der Waals surface area (Å²) in [5.41, 5.74) is 0.555. The minimum absolute atomic E-state index is 0.00833. The number of rotatable bonds is 7. The SMILES string of the molecule is COc1ccc(CNCc2cn(-c3ccc(I)cc3)nc2C(F)(F)F)c(OC)c1. The summed E-state index contributed by atoms with van der Waals surface area (Å²) in [5.74, 6) is 1.24. The summed E-state index contributed by atoms with van der Waals surface area (Å²) >= 11 is 2.14. The highest BCUT2D eigenvalue weighted by molar-refractivity contribution is 14.1. The molecule has 5 nitrogen and oxygen atoms in total. The molecule has 2 aromatic carbocycles. The van der Waals surface area contributed by atoms with Crippen molar-refractivity contribution in [1.82, 2.24) is 15.1 Å². The molecule has 0 aliphatic heterocycles. The first kappa shape index (κ1) is 21.4. The van der Waals surface area contributed by atoms with Crippen LogP contribution in [0.5, 0.6) is 11.5 Å². The standard InChI is InChI=1S/C20H19F3IN3O2/c1-28-17-8-3-13(18(9-17)29-2)10-25-11-14-12-27(26-19(14)20(21,22)23)16-6-4-15(24)5-7-16/h3-9,12,25H,10-11H2,1-2H3. The summed E-state index contributed by atoms with van der Waals surface area (Å²) in [6, 6.07) is 12.4. The van der Waals surface area contributed by atoms with Crippen molar-refractivity contribution in [3.63, 3.8) is 0 Å². The number of hydrogen-bond donors (Lipinski definition) is 1. The summed E-state index contributed by atoms with van der Waals surface area (Å²) in [7, 11) is 3.09. The van der Waals surface area contributed by atoms with Crippen molar-refractivity contribution >= 4 is 22.6 Å². The van der Waals surface area contributed by atoms with Gasteiger partial charge in [0.05, 0.1) is 19.9 Å². The van der Waals surface area contributed by atoms with Gasteiger partial charge < -0.3 is 14.8 Å². The molecule has 154 valence electrons. The van der Waals surface area contributed by atoms with Gasteiger partial charge in [-0.05, 0) is 52.9 Å². The highest BCUT2D eigenvalue weighted by atomic mass is 127. The molecule has 3 rings (SSSR count). The van der Waals surface area contributed by atoms with Gasteiger partial charge in [-0.3, -0.25) is 0 Å². The maximum absolute atomic E-state index is 13.5. The number of methoxy groups -OCH3 is 2. The minimum Gasteiger partial charge on any atom is -0.497 e. The molecule has 0 saturated carbocycles. The zero-order valence-corrected chi connectivity index (χ0v) is 17.9. The zero-order valence-electron chi connectivity index (χ0n) is 15.8. The van der Waals surface area contributed by atoms with E-state index in [4.69, 9.17) is 9.47 Å². The molecule has 0 fully saturated rings. The van der Waals surface area contributed by atoms with Gasteiger partial charge in [0, 0.05) is 40.0 Å². The molecule has 0 aliphatic carbocycles. The summed E-state index contributed by atoms with van der Waals surface area (Å²) in [5, 5.41) is 6.81. The van der Waals surface area contributed by atoms with Crippen LogP contribution in [0.3, 0.4) is 0 Å². The quantitative estimate of drug-likeness (QED) is 0.458. The van der Waals surface area contributed by atoms with Gasteiger partial charge in [0.25, 0.3) is 0 Å². The molecule has 1 aromatic heterocycles. The van der Waals surface area contributed by atoms with E-state index in [1.54, 1.807) is 31.4 Å².